The second-order valence-electron chi connectivity index (χ2n) is 7.79. The molecule has 2 saturated heterocycles. The van der Waals surface area contributed by atoms with Crippen molar-refractivity contribution in [3.8, 4) is 0 Å². The van der Waals surface area contributed by atoms with Gasteiger partial charge in [0, 0.05) is 50.2 Å². The lowest BCUT2D eigenvalue weighted by Gasteiger charge is -2.41. The van der Waals surface area contributed by atoms with Crippen LogP contribution in [-0.4, -0.2) is 47.9 Å². The fraction of sp³-hybridized carbons (Fsp3) is 0.579. The van der Waals surface area contributed by atoms with Crippen LogP contribution in [0.5, 0.6) is 0 Å². The number of anilines is 1. The van der Waals surface area contributed by atoms with Crippen LogP contribution in [0.1, 0.15) is 37.8 Å². The third-order valence-corrected chi connectivity index (χ3v) is 5.86. The molecule has 3 atom stereocenters. The van der Waals surface area contributed by atoms with Crippen LogP contribution < -0.4 is 15.5 Å². The van der Waals surface area contributed by atoms with E-state index in [9.17, 15) is 14.0 Å². The average molecular weight is 378 g/mol. The summed E-state index contributed by atoms with van der Waals surface area (Å²) in [6, 6.07) is 0.867. The van der Waals surface area contributed by atoms with E-state index in [1.165, 1.54) is 6.07 Å². The maximum Gasteiger partial charge on any atom is 0.243 e. The fourth-order valence-corrected chi connectivity index (χ4v) is 4.55. The lowest BCUT2D eigenvalue weighted by atomic mass is 10.0. The number of piperazine rings is 1. The molecule has 2 N–H and O–H groups in total. The maximum atomic E-state index is 15.4. The van der Waals surface area contributed by atoms with E-state index in [4.69, 9.17) is 0 Å². The Kier molecular flexibility index (Phi) is 4.63. The van der Waals surface area contributed by atoms with Crippen LogP contribution >= 0.6 is 0 Å². The summed E-state index contributed by atoms with van der Waals surface area (Å²) >= 11 is 0. The lowest BCUT2D eigenvalue weighted by Crippen LogP contribution is -2.55. The molecule has 3 heterocycles. The zero-order chi connectivity index (χ0) is 19.3. The highest BCUT2D eigenvalue weighted by atomic mass is 19.1. The Hall–Kier alpha value is -2.06. The summed E-state index contributed by atoms with van der Waals surface area (Å²) in [5, 5.41) is 5.60. The highest BCUT2D eigenvalue weighted by molar-refractivity contribution is 6.00. The third kappa shape index (κ3) is 3.10. The number of hydrogen-bond acceptors (Lipinski definition) is 5. The molecule has 27 heavy (non-hydrogen) atoms. The van der Waals surface area contributed by atoms with E-state index in [0.717, 1.165) is 0 Å². The van der Waals surface area contributed by atoms with E-state index in [-0.39, 0.29) is 42.6 Å². The van der Waals surface area contributed by atoms with Crippen LogP contribution in [0.3, 0.4) is 0 Å². The summed E-state index contributed by atoms with van der Waals surface area (Å²) in [6.07, 6.45) is 0.669. The Balaban J connectivity index is 1.64. The van der Waals surface area contributed by atoms with Crippen molar-refractivity contribution in [1.29, 1.82) is 0 Å². The fourth-order valence-electron chi connectivity index (χ4n) is 4.55. The molecule has 3 aliphatic heterocycles. The molecule has 8 heteroatoms. The standard InChI is InChI=1S/C19H24F2N4O2/c1-10-6-22-7-11(2)25(10)18-14(20)5-12-8-24(9-13(12)17(18)21)15-3-4-16(26)23-19(15)27/h5,10-11,15,22H,3-4,6-9H2,1-2H3,(H,23,26,27). The van der Waals surface area contributed by atoms with E-state index in [1.54, 1.807) is 0 Å². The van der Waals surface area contributed by atoms with Crippen LogP contribution in [-0.2, 0) is 22.7 Å². The Morgan fingerprint density at radius 1 is 1.11 bits per heavy atom. The summed E-state index contributed by atoms with van der Waals surface area (Å²) in [4.78, 5) is 27.1. The van der Waals surface area contributed by atoms with Gasteiger partial charge in [-0.05, 0) is 31.9 Å². The van der Waals surface area contributed by atoms with Crippen LogP contribution in [0.25, 0.3) is 0 Å². The van der Waals surface area contributed by atoms with Gasteiger partial charge in [0.25, 0.3) is 0 Å². The quantitative estimate of drug-likeness (QED) is 0.759. The van der Waals surface area contributed by atoms with Gasteiger partial charge in [-0.2, -0.15) is 0 Å². The minimum Gasteiger partial charge on any atom is -0.359 e. The number of halogens is 2. The van der Waals surface area contributed by atoms with Gasteiger partial charge in [-0.1, -0.05) is 0 Å². The molecule has 2 fully saturated rings. The van der Waals surface area contributed by atoms with Crippen LogP contribution in [0.2, 0.25) is 0 Å². The zero-order valence-electron chi connectivity index (χ0n) is 15.5. The molecule has 3 unspecified atom stereocenters. The SMILES string of the molecule is CC1CNCC(C)N1c1c(F)cc2c(c1F)CN(C1CCC(=O)NC1=O)C2. The second-order valence-corrected chi connectivity index (χ2v) is 7.79. The van der Waals surface area contributed by atoms with E-state index in [2.05, 4.69) is 10.6 Å². The topological polar surface area (TPSA) is 64.7 Å². The van der Waals surface area contributed by atoms with Gasteiger partial charge in [0.1, 0.15) is 11.5 Å². The summed E-state index contributed by atoms with van der Waals surface area (Å²) < 4.78 is 30.3. The van der Waals surface area contributed by atoms with Crippen molar-refractivity contribution in [1.82, 2.24) is 15.5 Å². The van der Waals surface area contributed by atoms with Gasteiger partial charge < -0.3 is 10.2 Å². The van der Waals surface area contributed by atoms with Gasteiger partial charge in [-0.15, -0.1) is 0 Å². The summed E-state index contributed by atoms with van der Waals surface area (Å²) in [6.45, 7) is 5.79. The minimum atomic E-state index is -0.558. The Bertz CT molecular complexity index is 790. The number of piperidine rings is 1. The van der Waals surface area contributed by atoms with E-state index < -0.39 is 17.7 Å². The van der Waals surface area contributed by atoms with Crippen LogP contribution in [0.15, 0.2) is 6.07 Å². The molecule has 6 nitrogen and oxygen atoms in total. The van der Waals surface area contributed by atoms with Gasteiger partial charge in [0.05, 0.1) is 6.04 Å². The van der Waals surface area contributed by atoms with E-state index in [0.29, 0.717) is 37.2 Å². The second kappa shape index (κ2) is 6.83. The van der Waals surface area contributed by atoms with Crippen molar-refractivity contribution in [3.05, 3.63) is 28.8 Å². The number of fused-ring (bicyclic) bond motifs is 1. The zero-order valence-corrected chi connectivity index (χ0v) is 15.5. The van der Waals surface area contributed by atoms with Crippen molar-refractivity contribution < 1.29 is 18.4 Å². The van der Waals surface area contributed by atoms with Crippen molar-refractivity contribution in [3.63, 3.8) is 0 Å². The van der Waals surface area contributed by atoms with Crippen molar-refractivity contribution in [2.24, 2.45) is 0 Å². The summed E-state index contributed by atoms with van der Waals surface area (Å²) in [5.74, 6) is -1.73. The molecule has 0 aromatic heterocycles. The van der Waals surface area contributed by atoms with E-state index in [1.807, 2.05) is 23.6 Å². The highest BCUT2D eigenvalue weighted by Gasteiger charge is 2.38. The van der Waals surface area contributed by atoms with Crippen molar-refractivity contribution >= 4 is 17.5 Å². The van der Waals surface area contributed by atoms with Crippen molar-refractivity contribution in [2.45, 2.75) is 57.9 Å². The van der Waals surface area contributed by atoms with Crippen LogP contribution in [0, 0.1) is 11.6 Å². The third-order valence-electron chi connectivity index (χ3n) is 5.86. The number of imide groups is 1. The van der Waals surface area contributed by atoms with Gasteiger partial charge >= 0.3 is 0 Å². The van der Waals surface area contributed by atoms with E-state index >= 15 is 4.39 Å². The maximum absolute atomic E-state index is 15.4. The lowest BCUT2D eigenvalue weighted by molar-refractivity contribution is -0.137. The molecule has 4 rings (SSSR count). The molecule has 0 bridgehead atoms. The molecule has 0 spiro atoms. The molecule has 1 aromatic carbocycles. The average Bonchev–Trinajstić information content (AvgIpc) is 3.01. The Morgan fingerprint density at radius 3 is 2.48 bits per heavy atom. The predicted octanol–water partition coefficient (Wildman–Crippen LogP) is 1.27. The summed E-state index contributed by atoms with van der Waals surface area (Å²) in [5.41, 5.74) is 1.06. The molecule has 0 radical (unpaired) electrons. The Morgan fingerprint density at radius 2 is 1.81 bits per heavy atom. The first-order valence-electron chi connectivity index (χ1n) is 9.43. The highest BCUT2D eigenvalue weighted by Crippen LogP contribution is 2.37. The largest absolute Gasteiger partial charge is 0.359 e. The molecule has 2 amide bonds. The van der Waals surface area contributed by atoms with Gasteiger partial charge in [0.2, 0.25) is 11.8 Å². The number of carbonyl (C=O) groups excluding carboxylic acids is 2. The molecular weight excluding hydrogens is 354 g/mol. The van der Waals surface area contributed by atoms with Crippen molar-refractivity contribution in [2.75, 3.05) is 18.0 Å². The molecule has 3 aliphatic rings. The molecular formula is C19H24F2N4O2. The molecule has 0 saturated carbocycles. The van der Waals surface area contributed by atoms with Gasteiger partial charge in [-0.3, -0.25) is 19.8 Å². The number of benzene rings is 1. The number of carbonyl (C=O) groups is 2. The number of rotatable bonds is 2. The number of amides is 2. The number of nitrogens with one attached hydrogen (secondary N) is 2. The minimum absolute atomic E-state index is 0.0246. The number of hydrogen-bond donors (Lipinski definition) is 2. The smallest absolute Gasteiger partial charge is 0.243 e. The summed E-state index contributed by atoms with van der Waals surface area (Å²) in [7, 11) is 0. The molecule has 1 aromatic rings. The monoisotopic (exact) mass is 378 g/mol. The molecule has 146 valence electrons. The normalized spacial score (nSPS) is 29.0. The molecule has 0 aliphatic carbocycles. The van der Waals surface area contributed by atoms with Gasteiger partial charge in [0.15, 0.2) is 5.82 Å². The van der Waals surface area contributed by atoms with Gasteiger partial charge in [-0.25, -0.2) is 8.78 Å². The Labute approximate surface area is 156 Å². The number of nitrogens with zero attached hydrogens (tertiary/aromatic N) is 2. The first kappa shape index (κ1) is 18.3. The first-order chi connectivity index (χ1) is 12.9. The van der Waals surface area contributed by atoms with Crippen LogP contribution in [0.4, 0.5) is 14.5 Å². The predicted molar refractivity (Wildman–Crippen MR) is 96.0 cm³/mol. The first-order valence-corrected chi connectivity index (χ1v) is 9.43.